The molecule has 0 aromatic carbocycles. The summed E-state index contributed by atoms with van der Waals surface area (Å²) in [6.45, 7) is 3.01. The first-order valence-electron chi connectivity index (χ1n) is 6.03. The van der Waals surface area contributed by atoms with Crippen LogP contribution in [0.1, 0.15) is 45.4 Å². The Morgan fingerprint density at radius 1 is 1.40 bits per heavy atom. The Labute approximate surface area is 92.7 Å². The lowest BCUT2D eigenvalue weighted by atomic mass is 9.93. The van der Waals surface area contributed by atoms with Crippen molar-refractivity contribution in [3.05, 3.63) is 0 Å². The van der Waals surface area contributed by atoms with Crippen LogP contribution in [-0.4, -0.2) is 35.2 Å². The maximum atomic E-state index is 9.06. The van der Waals surface area contributed by atoms with Gasteiger partial charge in [0.15, 0.2) is 0 Å². The van der Waals surface area contributed by atoms with Crippen molar-refractivity contribution >= 4 is 0 Å². The highest BCUT2D eigenvalue weighted by Gasteiger charge is 2.24. The quantitative estimate of drug-likeness (QED) is 0.754. The van der Waals surface area contributed by atoms with E-state index >= 15 is 0 Å². The fraction of sp³-hybridized carbons (Fsp3) is 0.917. The van der Waals surface area contributed by atoms with E-state index in [-0.39, 0.29) is 12.6 Å². The van der Waals surface area contributed by atoms with Crippen molar-refractivity contribution in [3.63, 3.8) is 0 Å². The van der Waals surface area contributed by atoms with E-state index in [1.54, 1.807) is 0 Å². The van der Waals surface area contributed by atoms with Crippen molar-refractivity contribution in [1.29, 1.82) is 5.26 Å². The van der Waals surface area contributed by atoms with Crippen molar-refractivity contribution in [1.82, 2.24) is 4.90 Å². The van der Waals surface area contributed by atoms with Crippen molar-refractivity contribution in [2.45, 2.75) is 57.5 Å². The maximum Gasteiger partial charge on any atom is 0.0638 e. The third-order valence-corrected chi connectivity index (χ3v) is 3.35. The van der Waals surface area contributed by atoms with Crippen molar-refractivity contribution in [2.24, 2.45) is 0 Å². The number of nitriles is 1. The van der Waals surface area contributed by atoms with Crippen LogP contribution >= 0.6 is 0 Å². The molecule has 1 fully saturated rings. The second kappa shape index (κ2) is 6.81. The third kappa shape index (κ3) is 3.81. The Morgan fingerprint density at radius 2 is 2.07 bits per heavy atom. The van der Waals surface area contributed by atoms with Gasteiger partial charge < -0.3 is 5.11 Å². The summed E-state index contributed by atoms with van der Waals surface area (Å²) in [4.78, 5) is 2.32. The van der Waals surface area contributed by atoms with Gasteiger partial charge in [0.2, 0.25) is 0 Å². The molecule has 0 aromatic rings. The van der Waals surface area contributed by atoms with Crippen LogP contribution in [0.2, 0.25) is 0 Å². The SMILES string of the molecule is CC(CC#N)N(CCO)C1CCCCC1. The largest absolute Gasteiger partial charge is 0.395 e. The molecule has 1 rings (SSSR count). The van der Waals surface area contributed by atoms with Gasteiger partial charge in [-0.1, -0.05) is 19.3 Å². The summed E-state index contributed by atoms with van der Waals surface area (Å²) in [5, 5.41) is 17.8. The number of aliphatic hydroxyl groups is 1. The Balaban J connectivity index is 2.51. The van der Waals surface area contributed by atoms with Crippen molar-refractivity contribution in [3.8, 4) is 6.07 Å². The average molecular weight is 210 g/mol. The van der Waals surface area contributed by atoms with Crippen LogP contribution in [0.3, 0.4) is 0 Å². The summed E-state index contributed by atoms with van der Waals surface area (Å²) in [7, 11) is 0. The monoisotopic (exact) mass is 210 g/mol. The average Bonchev–Trinajstić information content (AvgIpc) is 2.27. The van der Waals surface area contributed by atoms with Gasteiger partial charge in [-0.3, -0.25) is 4.90 Å². The van der Waals surface area contributed by atoms with Gasteiger partial charge >= 0.3 is 0 Å². The number of rotatable bonds is 5. The van der Waals surface area contributed by atoms with Crippen LogP contribution in [0, 0.1) is 11.3 Å². The zero-order chi connectivity index (χ0) is 11.1. The molecule has 1 unspecified atom stereocenters. The molecule has 0 spiro atoms. The molecule has 0 aliphatic heterocycles. The number of aliphatic hydroxyl groups excluding tert-OH is 1. The molecule has 86 valence electrons. The van der Waals surface area contributed by atoms with Gasteiger partial charge in [0, 0.05) is 18.6 Å². The Bertz CT molecular complexity index is 206. The Morgan fingerprint density at radius 3 is 2.60 bits per heavy atom. The van der Waals surface area contributed by atoms with Gasteiger partial charge in [-0.05, 0) is 19.8 Å². The molecule has 0 heterocycles. The van der Waals surface area contributed by atoms with Crippen LogP contribution in [0.5, 0.6) is 0 Å². The first kappa shape index (κ1) is 12.5. The van der Waals surface area contributed by atoms with Gasteiger partial charge in [-0.2, -0.15) is 5.26 Å². The molecular formula is C12H22N2O. The van der Waals surface area contributed by atoms with Crippen molar-refractivity contribution < 1.29 is 5.11 Å². The van der Waals surface area contributed by atoms with Gasteiger partial charge in [0.1, 0.15) is 0 Å². The summed E-state index contributed by atoms with van der Waals surface area (Å²) in [5.74, 6) is 0. The fourth-order valence-corrected chi connectivity index (χ4v) is 2.54. The molecule has 0 amide bonds. The molecule has 1 saturated carbocycles. The highest BCUT2D eigenvalue weighted by Crippen LogP contribution is 2.24. The van der Waals surface area contributed by atoms with E-state index in [1.165, 1.54) is 32.1 Å². The smallest absolute Gasteiger partial charge is 0.0638 e. The molecule has 1 atom stereocenters. The molecule has 1 aliphatic rings. The Hall–Kier alpha value is -0.590. The van der Waals surface area contributed by atoms with Gasteiger partial charge in [-0.25, -0.2) is 0 Å². The maximum absolute atomic E-state index is 9.06. The molecule has 1 aliphatic carbocycles. The molecule has 0 radical (unpaired) electrons. The summed E-state index contributed by atoms with van der Waals surface area (Å²) in [6, 6.07) is 3.10. The van der Waals surface area contributed by atoms with E-state index < -0.39 is 0 Å². The third-order valence-electron chi connectivity index (χ3n) is 3.35. The molecular weight excluding hydrogens is 188 g/mol. The first-order valence-corrected chi connectivity index (χ1v) is 6.03. The topological polar surface area (TPSA) is 47.3 Å². The highest BCUT2D eigenvalue weighted by atomic mass is 16.3. The zero-order valence-electron chi connectivity index (χ0n) is 9.65. The lowest BCUT2D eigenvalue weighted by molar-refractivity contribution is 0.0890. The number of hydrogen-bond acceptors (Lipinski definition) is 3. The fourth-order valence-electron chi connectivity index (χ4n) is 2.54. The van der Waals surface area contributed by atoms with Gasteiger partial charge in [-0.15, -0.1) is 0 Å². The van der Waals surface area contributed by atoms with E-state index in [0.29, 0.717) is 19.0 Å². The summed E-state index contributed by atoms with van der Waals surface area (Å²) < 4.78 is 0. The van der Waals surface area contributed by atoms with E-state index in [4.69, 9.17) is 10.4 Å². The minimum absolute atomic E-state index is 0.201. The van der Waals surface area contributed by atoms with Crippen LogP contribution in [0.15, 0.2) is 0 Å². The second-order valence-electron chi connectivity index (χ2n) is 4.46. The lowest BCUT2D eigenvalue weighted by Crippen LogP contribution is -2.44. The van der Waals surface area contributed by atoms with Gasteiger partial charge in [0.25, 0.3) is 0 Å². The lowest BCUT2D eigenvalue weighted by Gasteiger charge is -2.37. The predicted molar refractivity (Wildman–Crippen MR) is 60.4 cm³/mol. The predicted octanol–water partition coefficient (Wildman–Crippen LogP) is 1.92. The standard InChI is InChI=1S/C12H22N2O/c1-11(7-8-13)14(9-10-15)12-5-3-2-4-6-12/h11-12,15H,2-7,9-10H2,1H3. The zero-order valence-corrected chi connectivity index (χ0v) is 9.65. The molecule has 3 heteroatoms. The first-order chi connectivity index (χ1) is 7.29. The minimum Gasteiger partial charge on any atom is -0.395 e. The molecule has 0 bridgehead atoms. The number of nitrogens with zero attached hydrogens (tertiary/aromatic N) is 2. The molecule has 0 aromatic heterocycles. The van der Waals surface area contributed by atoms with E-state index in [0.717, 1.165) is 0 Å². The minimum atomic E-state index is 0.201. The van der Waals surface area contributed by atoms with E-state index in [9.17, 15) is 0 Å². The van der Waals surface area contributed by atoms with Crippen LogP contribution in [0.25, 0.3) is 0 Å². The molecule has 0 saturated heterocycles. The molecule has 3 nitrogen and oxygen atoms in total. The van der Waals surface area contributed by atoms with Crippen LogP contribution < -0.4 is 0 Å². The van der Waals surface area contributed by atoms with Crippen LogP contribution in [-0.2, 0) is 0 Å². The van der Waals surface area contributed by atoms with E-state index in [1.807, 2.05) is 0 Å². The summed E-state index contributed by atoms with van der Waals surface area (Å²) in [6.07, 6.45) is 6.97. The van der Waals surface area contributed by atoms with E-state index in [2.05, 4.69) is 17.9 Å². The second-order valence-corrected chi connectivity index (χ2v) is 4.46. The normalized spacial score (nSPS) is 20.1. The van der Waals surface area contributed by atoms with Gasteiger partial charge in [0.05, 0.1) is 19.1 Å². The molecule has 1 N–H and O–H groups in total. The van der Waals surface area contributed by atoms with Crippen molar-refractivity contribution in [2.75, 3.05) is 13.2 Å². The Kier molecular flexibility index (Phi) is 5.67. The summed E-state index contributed by atoms with van der Waals surface area (Å²) in [5.41, 5.74) is 0. The van der Waals surface area contributed by atoms with Crippen LogP contribution in [0.4, 0.5) is 0 Å². The summed E-state index contributed by atoms with van der Waals surface area (Å²) >= 11 is 0. The molecule has 15 heavy (non-hydrogen) atoms. The number of hydrogen-bond donors (Lipinski definition) is 1. The highest BCUT2D eigenvalue weighted by molar-refractivity contribution is 4.85.